The first-order valence-electron chi connectivity index (χ1n) is 10.2. The van der Waals surface area contributed by atoms with Crippen molar-refractivity contribution < 1.29 is 24.1 Å². The highest BCUT2D eigenvalue weighted by Gasteiger charge is 2.32. The number of ether oxygens (including phenoxy) is 3. The highest BCUT2D eigenvalue weighted by atomic mass is 16.5. The minimum absolute atomic E-state index is 0.153. The molecule has 6 heteroatoms. The number of nitrogens with zero attached hydrogens (tertiary/aromatic N) is 1. The Hall–Kier alpha value is -2.99. The van der Waals surface area contributed by atoms with Crippen LogP contribution in [-0.2, 0) is 6.54 Å². The average Bonchev–Trinajstić information content (AvgIpc) is 3.06. The highest BCUT2D eigenvalue weighted by molar-refractivity contribution is 6.15. The molecule has 2 aliphatic rings. The van der Waals surface area contributed by atoms with E-state index < -0.39 is 0 Å². The number of carbonyl (C=O) groups excluding carboxylic acids is 1. The van der Waals surface area contributed by atoms with Crippen LogP contribution in [0.25, 0.3) is 6.08 Å². The van der Waals surface area contributed by atoms with Gasteiger partial charge in [0.2, 0.25) is 5.78 Å². The number of phenolic OH excluding ortho intramolecular Hbond substituents is 1. The zero-order valence-corrected chi connectivity index (χ0v) is 17.6. The van der Waals surface area contributed by atoms with Crippen molar-refractivity contribution in [1.29, 1.82) is 0 Å². The van der Waals surface area contributed by atoms with Crippen molar-refractivity contribution in [3.8, 4) is 23.0 Å². The summed E-state index contributed by atoms with van der Waals surface area (Å²) in [5, 5.41) is 10.5. The molecule has 1 fully saturated rings. The van der Waals surface area contributed by atoms with Gasteiger partial charge in [0.1, 0.15) is 23.0 Å². The van der Waals surface area contributed by atoms with Crippen LogP contribution in [0.3, 0.4) is 0 Å². The third kappa shape index (κ3) is 3.87. The lowest BCUT2D eigenvalue weighted by molar-refractivity contribution is 0.101. The fraction of sp³-hybridized carbons (Fsp3) is 0.375. The summed E-state index contributed by atoms with van der Waals surface area (Å²) in [5.74, 6) is 2.49. The molecular weight excluding hydrogens is 382 g/mol. The van der Waals surface area contributed by atoms with Crippen molar-refractivity contribution in [1.82, 2.24) is 4.90 Å². The number of benzene rings is 2. The van der Waals surface area contributed by atoms with E-state index in [0.29, 0.717) is 46.4 Å². The molecule has 2 aromatic carbocycles. The lowest BCUT2D eigenvalue weighted by Gasteiger charge is -2.31. The standard InChI is InChI=1S/C24H27NO5/c1-15-5-4-10-25(13-15)14-19-20(26)8-7-18-23(27)22(30-24(18)19)12-16-11-17(28-2)6-9-21(16)29-3/h6-9,11-12,15,26H,4-5,10,13-14H2,1-3H3/b22-12+. The van der Waals surface area contributed by atoms with Crippen LogP contribution >= 0.6 is 0 Å². The third-order valence-electron chi connectivity index (χ3n) is 5.76. The van der Waals surface area contributed by atoms with Gasteiger partial charge in [0.05, 0.1) is 25.3 Å². The first kappa shape index (κ1) is 20.3. The molecule has 2 aromatic rings. The molecule has 1 N–H and O–H groups in total. The number of hydrogen-bond acceptors (Lipinski definition) is 6. The number of fused-ring (bicyclic) bond motifs is 1. The van der Waals surface area contributed by atoms with Crippen LogP contribution in [0.1, 0.15) is 41.3 Å². The molecule has 0 aromatic heterocycles. The van der Waals surface area contributed by atoms with E-state index in [2.05, 4.69) is 11.8 Å². The largest absolute Gasteiger partial charge is 0.507 e. The average molecular weight is 409 g/mol. The van der Waals surface area contributed by atoms with Crippen molar-refractivity contribution in [3.63, 3.8) is 0 Å². The fourth-order valence-corrected chi connectivity index (χ4v) is 4.20. The van der Waals surface area contributed by atoms with E-state index >= 15 is 0 Å². The first-order valence-corrected chi connectivity index (χ1v) is 10.2. The second kappa shape index (κ2) is 8.40. The molecule has 1 unspecified atom stereocenters. The van der Waals surface area contributed by atoms with Gasteiger partial charge in [-0.25, -0.2) is 0 Å². The van der Waals surface area contributed by atoms with Crippen LogP contribution in [0.15, 0.2) is 36.1 Å². The number of carbonyl (C=O) groups is 1. The van der Waals surface area contributed by atoms with Gasteiger partial charge >= 0.3 is 0 Å². The molecule has 0 bridgehead atoms. The maximum absolute atomic E-state index is 13.0. The van der Waals surface area contributed by atoms with Crippen LogP contribution < -0.4 is 14.2 Å². The van der Waals surface area contributed by atoms with Gasteiger partial charge < -0.3 is 19.3 Å². The van der Waals surface area contributed by atoms with Crippen LogP contribution in [-0.4, -0.2) is 43.1 Å². The van der Waals surface area contributed by atoms with Gasteiger partial charge in [0.25, 0.3) is 0 Å². The molecule has 0 amide bonds. The number of methoxy groups -OCH3 is 2. The molecule has 0 radical (unpaired) electrons. The molecule has 0 aliphatic carbocycles. The summed E-state index contributed by atoms with van der Waals surface area (Å²) in [4.78, 5) is 15.3. The molecule has 1 saturated heterocycles. The SMILES string of the molecule is COc1ccc(OC)c(/C=C2/Oc3c(ccc(O)c3CN3CCCC(C)C3)C2=O)c1. The number of allylic oxidation sites excluding steroid dienone is 1. The van der Waals surface area contributed by atoms with E-state index in [1.165, 1.54) is 6.42 Å². The Bertz CT molecular complexity index is 997. The molecule has 6 nitrogen and oxygen atoms in total. The number of aromatic hydroxyl groups is 1. The van der Waals surface area contributed by atoms with Gasteiger partial charge in [-0.15, -0.1) is 0 Å². The smallest absolute Gasteiger partial charge is 0.231 e. The van der Waals surface area contributed by atoms with Gasteiger partial charge in [-0.3, -0.25) is 9.69 Å². The summed E-state index contributed by atoms with van der Waals surface area (Å²) in [5.41, 5.74) is 1.82. The number of hydrogen-bond donors (Lipinski definition) is 1. The molecule has 0 saturated carbocycles. The summed E-state index contributed by atoms with van der Waals surface area (Å²) in [6.07, 6.45) is 4.02. The van der Waals surface area contributed by atoms with E-state index in [1.807, 2.05) is 0 Å². The van der Waals surface area contributed by atoms with Crippen LogP contribution in [0.4, 0.5) is 0 Å². The quantitative estimate of drug-likeness (QED) is 0.745. The maximum Gasteiger partial charge on any atom is 0.231 e. The lowest BCUT2D eigenvalue weighted by Crippen LogP contribution is -2.33. The van der Waals surface area contributed by atoms with E-state index in [-0.39, 0.29) is 17.3 Å². The van der Waals surface area contributed by atoms with E-state index in [1.54, 1.807) is 50.6 Å². The summed E-state index contributed by atoms with van der Waals surface area (Å²) < 4.78 is 16.7. The number of phenols is 1. The first-order chi connectivity index (χ1) is 14.5. The predicted molar refractivity (Wildman–Crippen MR) is 114 cm³/mol. The zero-order chi connectivity index (χ0) is 21.3. The fourth-order valence-electron chi connectivity index (χ4n) is 4.20. The van der Waals surface area contributed by atoms with E-state index in [0.717, 1.165) is 19.5 Å². The van der Waals surface area contributed by atoms with Crippen molar-refractivity contribution in [2.45, 2.75) is 26.3 Å². The molecule has 2 heterocycles. The Balaban J connectivity index is 1.67. The molecule has 4 rings (SSSR count). The molecule has 0 spiro atoms. The number of piperidine rings is 1. The van der Waals surface area contributed by atoms with Gasteiger partial charge in [-0.1, -0.05) is 6.92 Å². The Morgan fingerprint density at radius 1 is 1.23 bits per heavy atom. The Morgan fingerprint density at radius 2 is 2.07 bits per heavy atom. The Morgan fingerprint density at radius 3 is 2.80 bits per heavy atom. The van der Waals surface area contributed by atoms with E-state index in [4.69, 9.17) is 14.2 Å². The normalized spacial score (nSPS) is 20.2. The Labute approximate surface area is 176 Å². The van der Waals surface area contributed by atoms with Gasteiger partial charge in [0, 0.05) is 18.7 Å². The summed E-state index contributed by atoms with van der Waals surface area (Å²) in [7, 11) is 3.16. The minimum Gasteiger partial charge on any atom is -0.507 e. The third-order valence-corrected chi connectivity index (χ3v) is 5.76. The summed E-state index contributed by atoms with van der Waals surface area (Å²) >= 11 is 0. The number of likely N-dealkylation sites (tertiary alicyclic amines) is 1. The second-order valence-electron chi connectivity index (χ2n) is 7.97. The van der Waals surface area contributed by atoms with Crippen LogP contribution in [0.5, 0.6) is 23.0 Å². The number of Topliss-reactive ketones (excluding diaryl/α,β-unsaturated/α-hetero) is 1. The van der Waals surface area contributed by atoms with Crippen LogP contribution in [0, 0.1) is 5.92 Å². The lowest BCUT2D eigenvalue weighted by atomic mass is 9.99. The number of rotatable bonds is 5. The maximum atomic E-state index is 13.0. The minimum atomic E-state index is -0.205. The van der Waals surface area contributed by atoms with E-state index in [9.17, 15) is 9.90 Å². The van der Waals surface area contributed by atoms with Crippen LogP contribution in [0.2, 0.25) is 0 Å². The van der Waals surface area contributed by atoms with Crippen molar-refractivity contribution in [3.05, 3.63) is 52.8 Å². The van der Waals surface area contributed by atoms with Gasteiger partial charge in [-0.05, 0) is 61.7 Å². The van der Waals surface area contributed by atoms with Crippen molar-refractivity contribution >= 4 is 11.9 Å². The number of ketones is 1. The van der Waals surface area contributed by atoms with Gasteiger partial charge in [0.15, 0.2) is 5.76 Å². The molecular formula is C24H27NO5. The topological polar surface area (TPSA) is 68.2 Å². The predicted octanol–water partition coefficient (Wildman–Crippen LogP) is 4.26. The monoisotopic (exact) mass is 409 g/mol. The molecule has 1 atom stereocenters. The summed E-state index contributed by atoms with van der Waals surface area (Å²) in [6.45, 7) is 4.75. The molecule has 30 heavy (non-hydrogen) atoms. The molecule has 2 aliphatic heterocycles. The second-order valence-corrected chi connectivity index (χ2v) is 7.97. The van der Waals surface area contributed by atoms with Crippen molar-refractivity contribution in [2.75, 3.05) is 27.3 Å². The summed E-state index contributed by atoms with van der Waals surface area (Å²) in [6, 6.07) is 8.57. The Kier molecular flexibility index (Phi) is 5.68. The highest BCUT2D eigenvalue weighted by Crippen LogP contribution is 2.41. The molecule has 158 valence electrons. The van der Waals surface area contributed by atoms with Crippen molar-refractivity contribution in [2.24, 2.45) is 5.92 Å². The van der Waals surface area contributed by atoms with Gasteiger partial charge in [-0.2, -0.15) is 0 Å². The zero-order valence-electron chi connectivity index (χ0n) is 17.6.